The maximum atomic E-state index is 13.3. The van der Waals surface area contributed by atoms with Gasteiger partial charge in [0.05, 0.1) is 6.10 Å². The first kappa shape index (κ1) is 38.3. The molecule has 1 aliphatic heterocycles. The van der Waals surface area contributed by atoms with Crippen LogP contribution in [0.4, 0.5) is 13.2 Å². The summed E-state index contributed by atoms with van der Waals surface area (Å²) in [5.41, 5.74) is 21.7. The molecule has 0 unspecified atom stereocenters. The van der Waals surface area contributed by atoms with Crippen molar-refractivity contribution in [1.29, 1.82) is 0 Å². The molecule has 0 saturated carbocycles. The minimum atomic E-state index is -5.08. The van der Waals surface area contributed by atoms with Gasteiger partial charge in [0.1, 0.15) is 24.2 Å². The lowest BCUT2D eigenvalue weighted by Gasteiger charge is -2.30. The lowest BCUT2D eigenvalue weighted by molar-refractivity contribution is -0.192. The largest absolute Gasteiger partial charge is 0.490 e. The standard InChI is InChI=1S/C21H40N8O6.C2HF3O2/c1-12(30)16(23)18(32)27-13(6-2-3-9-22)19(33)29-11-5-8-15(29)17(31)28-14(20(34)35)7-4-10-26-21(24)25;3-2(4,5)1(6)7/h12-16,30H,2-11,22-23H2,1H3,(H,27,32)(H,28,31)(H,34,35)(H4,24,25,26);(H,6,7)/t12-,13+,14+,15+,16+;/m1./s1. The molecule has 0 aliphatic carbocycles. The second-order valence-corrected chi connectivity index (χ2v) is 9.45. The Morgan fingerprint density at radius 2 is 1.60 bits per heavy atom. The van der Waals surface area contributed by atoms with Crippen molar-refractivity contribution in [2.45, 2.75) is 88.3 Å². The van der Waals surface area contributed by atoms with Gasteiger partial charge in [-0.25, -0.2) is 9.59 Å². The monoisotopic (exact) mass is 614 g/mol. The van der Waals surface area contributed by atoms with Crippen molar-refractivity contribution in [2.75, 3.05) is 19.6 Å². The Labute approximate surface area is 240 Å². The van der Waals surface area contributed by atoms with Crippen LogP contribution >= 0.6 is 0 Å². The van der Waals surface area contributed by atoms with Crippen LogP contribution in [0.3, 0.4) is 0 Å². The van der Waals surface area contributed by atoms with Crippen LogP contribution in [-0.2, 0) is 24.0 Å². The average Bonchev–Trinajstić information content (AvgIpc) is 3.38. The molecule has 1 heterocycles. The van der Waals surface area contributed by atoms with Gasteiger partial charge in [-0.3, -0.25) is 19.4 Å². The Morgan fingerprint density at radius 1 is 1.02 bits per heavy atom. The van der Waals surface area contributed by atoms with Gasteiger partial charge in [0.15, 0.2) is 5.96 Å². The number of hydrogen-bond donors (Lipinski definition) is 9. The number of guanidine groups is 1. The van der Waals surface area contributed by atoms with Crippen LogP contribution in [0, 0.1) is 0 Å². The van der Waals surface area contributed by atoms with Crippen molar-refractivity contribution in [3.8, 4) is 0 Å². The summed E-state index contributed by atoms with van der Waals surface area (Å²) in [7, 11) is 0. The van der Waals surface area contributed by atoms with Crippen LogP contribution in [0.15, 0.2) is 4.99 Å². The summed E-state index contributed by atoms with van der Waals surface area (Å²) in [4.78, 5) is 64.3. The van der Waals surface area contributed by atoms with Crippen molar-refractivity contribution in [1.82, 2.24) is 15.5 Å². The number of hydrogen-bond acceptors (Lipinski definition) is 9. The number of likely N-dealkylation sites (tertiary alicyclic amines) is 1. The number of carboxylic acids is 2. The van der Waals surface area contributed by atoms with Crippen LogP contribution in [-0.4, -0.2) is 112 Å². The minimum Gasteiger partial charge on any atom is -0.480 e. The van der Waals surface area contributed by atoms with Gasteiger partial charge >= 0.3 is 18.1 Å². The fourth-order valence-corrected chi connectivity index (χ4v) is 3.77. The molecule has 5 atom stereocenters. The molecule has 0 radical (unpaired) electrons. The Hall–Kier alpha value is -3.71. The summed E-state index contributed by atoms with van der Waals surface area (Å²) in [5, 5.41) is 31.3. The van der Waals surface area contributed by atoms with Crippen LogP contribution in [0.5, 0.6) is 0 Å². The predicted octanol–water partition coefficient (Wildman–Crippen LogP) is -2.44. The molecule has 16 nitrogen and oxygen atoms in total. The first-order valence-corrected chi connectivity index (χ1v) is 13.1. The summed E-state index contributed by atoms with van der Waals surface area (Å²) in [6, 6.07) is -4.21. The Kier molecular flexibility index (Phi) is 17.0. The number of carboxylic acid groups (broad SMARTS) is 2. The van der Waals surface area contributed by atoms with Crippen LogP contribution in [0.25, 0.3) is 0 Å². The number of carbonyl (C=O) groups excluding carboxylic acids is 3. The van der Waals surface area contributed by atoms with Gasteiger partial charge in [0, 0.05) is 13.1 Å². The second kappa shape index (κ2) is 18.7. The molecule has 0 aromatic carbocycles. The van der Waals surface area contributed by atoms with Crippen LogP contribution < -0.4 is 33.6 Å². The number of aliphatic hydroxyl groups excluding tert-OH is 1. The zero-order valence-electron chi connectivity index (χ0n) is 23.2. The third kappa shape index (κ3) is 14.3. The Bertz CT molecular complexity index is 947. The summed E-state index contributed by atoms with van der Waals surface area (Å²) in [6.07, 6.45) is -3.39. The molecule has 0 spiro atoms. The van der Waals surface area contributed by atoms with Crippen molar-refractivity contribution in [3.05, 3.63) is 0 Å². The third-order valence-corrected chi connectivity index (χ3v) is 6.02. The highest BCUT2D eigenvalue weighted by Gasteiger charge is 2.39. The Morgan fingerprint density at radius 3 is 2.07 bits per heavy atom. The van der Waals surface area contributed by atoms with Gasteiger partial charge in [0.2, 0.25) is 17.7 Å². The van der Waals surface area contributed by atoms with Crippen molar-refractivity contribution in [2.24, 2.45) is 27.9 Å². The lowest BCUT2D eigenvalue weighted by Crippen LogP contribution is -2.57. The summed E-state index contributed by atoms with van der Waals surface area (Å²) >= 11 is 0. The molecule has 0 aromatic heterocycles. The average molecular weight is 615 g/mol. The van der Waals surface area contributed by atoms with E-state index >= 15 is 0 Å². The molecule has 0 aromatic rings. The van der Waals surface area contributed by atoms with E-state index < -0.39 is 66.1 Å². The van der Waals surface area contributed by atoms with E-state index in [0.29, 0.717) is 38.6 Å². The zero-order valence-corrected chi connectivity index (χ0v) is 23.2. The molecule has 1 rings (SSSR count). The molecule has 3 amide bonds. The summed E-state index contributed by atoms with van der Waals surface area (Å²) in [6.45, 7) is 2.28. The molecule has 1 aliphatic rings. The third-order valence-electron chi connectivity index (χ3n) is 6.02. The van der Waals surface area contributed by atoms with E-state index in [-0.39, 0.29) is 31.9 Å². The quantitative estimate of drug-likeness (QED) is 0.0528. The molecule has 242 valence electrons. The van der Waals surface area contributed by atoms with E-state index in [1.807, 2.05) is 0 Å². The van der Waals surface area contributed by atoms with Crippen LogP contribution in [0.1, 0.15) is 51.9 Å². The number of alkyl halides is 3. The fourth-order valence-electron chi connectivity index (χ4n) is 3.77. The van der Waals surface area contributed by atoms with E-state index in [2.05, 4.69) is 15.6 Å². The first-order chi connectivity index (χ1) is 19.4. The Balaban J connectivity index is 0.00000212. The van der Waals surface area contributed by atoms with E-state index in [0.717, 1.165) is 0 Å². The maximum absolute atomic E-state index is 13.3. The molecule has 0 bridgehead atoms. The smallest absolute Gasteiger partial charge is 0.480 e. The highest BCUT2D eigenvalue weighted by Crippen LogP contribution is 2.20. The second-order valence-electron chi connectivity index (χ2n) is 9.45. The molecule has 19 heteroatoms. The normalized spacial score (nSPS) is 17.5. The van der Waals surface area contributed by atoms with Gasteiger partial charge < -0.3 is 53.8 Å². The molecular weight excluding hydrogens is 573 g/mol. The van der Waals surface area contributed by atoms with Gasteiger partial charge in [-0.1, -0.05) is 0 Å². The van der Waals surface area contributed by atoms with E-state index in [4.69, 9.17) is 32.8 Å². The first-order valence-electron chi connectivity index (χ1n) is 13.1. The zero-order chi connectivity index (χ0) is 32.6. The van der Waals surface area contributed by atoms with Crippen molar-refractivity contribution in [3.63, 3.8) is 0 Å². The van der Waals surface area contributed by atoms with Crippen LogP contribution in [0.2, 0.25) is 0 Å². The van der Waals surface area contributed by atoms with Crippen molar-refractivity contribution >= 4 is 35.6 Å². The fraction of sp³-hybridized carbons (Fsp3) is 0.739. The number of rotatable bonds is 15. The summed E-state index contributed by atoms with van der Waals surface area (Å²) in [5.74, 6) is -5.81. The number of aliphatic hydroxyl groups is 1. The van der Waals surface area contributed by atoms with E-state index in [1.165, 1.54) is 11.8 Å². The highest BCUT2D eigenvalue weighted by atomic mass is 19.4. The highest BCUT2D eigenvalue weighted by molar-refractivity contribution is 5.94. The summed E-state index contributed by atoms with van der Waals surface area (Å²) < 4.78 is 31.7. The number of carbonyl (C=O) groups is 5. The SMILES string of the molecule is C[C@@H](O)[C@H](N)C(=O)N[C@@H](CCCCN)C(=O)N1CCC[C@H]1C(=O)N[C@@H](CCCN=C(N)N)C(=O)O.O=C(O)C(F)(F)F. The molecule has 42 heavy (non-hydrogen) atoms. The number of nitrogens with two attached hydrogens (primary N) is 4. The molecular formula is C23H41F3N8O8. The minimum absolute atomic E-state index is 0.105. The number of nitrogens with zero attached hydrogens (tertiary/aromatic N) is 2. The number of amides is 3. The topological polar surface area (TPSA) is 290 Å². The predicted molar refractivity (Wildman–Crippen MR) is 142 cm³/mol. The number of aliphatic carboxylic acids is 2. The van der Waals surface area contributed by atoms with E-state index in [9.17, 15) is 42.6 Å². The number of unbranched alkanes of at least 4 members (excludes halogenated alkanes) is 1. The number of halogens is 3. The van der Waals surface area contributed by atoms with Gasteiger partial charge in [-0.2, -0.15) is 13.2 Å². The molecule has 13 N–H and O–H groups in total. The molecule has 1 fully saturated rings. The van der Waals surface area contributed by atoms with Gasteiger partial charge in [-0.05, 0) is 58.4 Å². The molecule has 1 saturated heterocycles. The van der Waals surface area contributed by atoms with E-state index in [1.54, 1.807) is 0 Å². The number of aliphatic imine (C=N–C) groups is 1. The number of nitrogens with one attached hydrogen (secondary N) is 2. The van der Waals surface area contributed by atoms with Crippen molar-refractivity contribution < 1.29 is 52.5 Å². The van der Waals surface area contributed by atoms with Gasteiger partial charge in [-0.15, -0.1) is 0 Å². The lowest BCUT2D eigenvalue weighted by atomic mass is 10.1. The maximum Gasteiger partial charge on any atom is 0.490 e. The van der Waals surface area contributed by atoms with Gasteiger partial charge in [0.25, 0.3) is 0 Å².